The van der Waals surface area contributed by atoms with Crippen molar-refractivity contribution in [1.82, 2.24) is 9.97 Å². The molecule has 0 spiro atoms. The predicted molar refractivity (Wildman–Crippen MR) is 85.7 cm³/mol. The number of hydrogen-bond acceptors (Lipinski definition) is 6. The minimum atomic E-state index is -4.76. The van der Waals surface area contributed by atoms with Gasteiger partial charge in [0.15, 0.2) is 5.82 Å². The number of nitrogens with one attached hydrogen (secondary N) is 1. The maximum Gasteiger partial charge on any atom is 0.451 e. The molecule has 0 atom stereocenters. The van der Waals surface area contributed by atoms with Gasteiger partial charge in [0.25, 0.3) is 0 Å². The van der Waals surface area contributed by atoms with Gasteiger partial charge in [-0.3, -0.25) is 5.43 Å². The second-order valence-electron chi connectivity index (χ2n) is 4.60. The molecule has 1 aromatic heterocycles. The fraction of sp³-hybridized carbons (Fsp3) is 0.200. The first-order valence-electron chi connectivity index (χ1n) is 6.97. The summed E-state index contributed by atoms with van der Waals surface area (Å²) in [5.41, 5.74) is 2.69. The molecule has 25 heavy (non-hydrogen) atoms. The monoisotopic (exact) mass is 372 g/mol. The van der Waals surface area contributed by atoms with Crippen molar-refractivity contribution in [3.63, 3.8) is 0 Å². The first-order chi connectivity index (χ1) is 11.8. The Labute approximate surface area is 145 Å². The first-order valence-corrected chi connectivity index (χ1v) is 7.35. The van der Waals surface area contributed by atoms with Crippen LogP contribution in [-0.2, 0) is 10.9 Å². The second kappa shape index (κ2) is 7.93. The molecule has 10 heteroatoms. The van der Waals surface area contributed by atoms with Crippen molar-refractivity contribution < 1.29 is 22.7 Å². The average Bonchev–Trinajstić information content (AvgIpc) is 2.56. The van der Waals surface area contributed by atoms with Crippen molar-refractivity contribution in [3.8, 4) is 0 Å². The largest absolute Gasteiger partial charge is 0.462 e. The molecule has 1 heterocycles. The molecule has 0 radical (unpaired) electrons. The average molecular weight is 373 g/mol. The number of benzene rings is 1. The Balaban J connectivity index is 2.28. The molecular weight excluding hydrogens is 361 g/mol. The minimum absolute atomic E-state index is 0.0489. The van der Waals surface area contributed by atoms with Crippen LogP contribution in [0.2, 0.25) is 5.02 Å². The van der Waals surface area contributed by atoms with Crippen LogP contribution in [0.5, 0.6) is 0 Å². The first kappa shape index (κ1) is 18.7. The van der Waals surface area contributed by atoms with Crippen molar-refractivity contribution in [3.05, 3.63) is 52.4 Å². The van der Waals surface area contributed by atoms with E-state index in [1.165, 1.54) is 6.21 Å². The van der Waals surface area contributed by atoms with Gasteiger partial charge in [-0.2, -0.15) is 18.3 Å². The van der Waals surface area contributed by atoms with Crippen LogP contribution >= 0.6 is 11.6 Å². The quantitative estimate of drug-likeness (QED) is 0.491. The molecule has 132 valence electrons. The van der Waals surface area contributed by atoms with Gasteiger partial charge in [-0.1, -0.05) is 23.7 Å². The zero-order valence-corrected chi connectivity index (χ0v) is 13.6. The normalized spacial score (nSPS) is 11.6. The van der Waals surface area contributed by atoms with Crippen LogP contribution < -0.4 is 5.43 Å². The van der Waals surface area contributed by atoms with Crippen LogP contribution in [0.15, 0.2) is 35.6 Å². The Morgan fingerprint density at radius 2 is 2.04 bits per heavy atom. The SMILES string of the molecule is CCOC(=O)c1cnc(C(F)(F)F)nc1N/N=C/c1ccc(Cl)cc1. The van der Waals surface area contributed by atoms with Crippen molar-refractivity contribution in [2.24, 2.45) is 5.10 Å². The van der Waals surface area contributed by atoms with E-state index in [9.17, 15) is 18.0 Å². The van der Waals surface area contributed by atoms with Gasteiger partial charge in [0.2, 0.25) is 5.82 Å². The minimum Gasteiger partial charge on any atom is -0.462 e. The lowest BCUT2D eigenvalue weighted by Gasteiger charge is -2.10. The van der Waals surface area contributed by atoms with Crippen LogP contribution in [0.1, 0.15) is 28.7 Å². The summed E-state index contributed by atoms with van der Waals surface area (Å²) in [6.45, 7) is 1.61. The summed E-state index contributed by atoms with van der Waals surface area (Å²) in [5, 5.41) is 4.31. The van der Waals surface area contributed by atoms with Gasteiger partial charge in [0, 0.05) is 11.2 Å². The van der Waals surface area contributed by atoms with Crippen LogP contribution in [0.25, 0.3) is 0 Å². The summed E-state index contributed by atoms with van der Waals surface area (Å²) in [4.78, 5) is 18.3. The number of halogens is 4. The van der Waals surface area contributed by atoms with Gasteiger partial charge in [-0.15, -0.1) is 0 Å². The third kappa shape index (κ3) is 5.15. The summed E-state index contributed by atoms with van der Waals surface area (Å²) >= 11 is 5.75. The van der Waals surface area contributed by atoms with E-state index in [-0.39, 0.29) is 12.2 Å². The second-order valence-corrected chi connectivity index (χ2v) is 5.03. The summed E-state index contributed by atoms with van der Waals surface area (Å²) < 4.78 is 43.0. The van der Waals surface area contributed by atoms with Crippen LogP contribution in [0, 0.1) is 0 Å². The molecule has 0 fully saturated rings. The molecule has 0 aliphatic carbocycles. The lowest BCUT2D eigenvalue weighted by atomic mass is 10.2. The number of hydrogen-bond donors (Lipinski definition) is 1. The zero-order valence-electron chi connectivity index (χ0n) is 12.8. The Morgan fingerprint density at radius 1 is 1.36 bits per heavy atom. The molecule has 0 aliphatic rings. The van der Waals surface area contributed by atoms with E-state index < -0.39 is 23.8 Å². The number of rotatable bonds is 5. The summed E-state index contributed by atoms with van der Waals surface area (Å²) in [5.74, 6) is -2.67. The molecule has 0 unspecified atom stereocenters. The van der Waals surface area contributed by atoms with Crippen molar-refractivity contribution in [2.75, 3.05) is 12.0 Å². The fourth-order valence-electron chi connectivity index (χ4n) is 1.68. The number of anilines is 1. The van der Waals surface area contributed by atoms with E-state index in [1.807, 2.05) is 0 Å². The van der Waals surface area contributed by atoms with Crippen molar-refractivity contribution in [2.45, 2.75) is 13.1 Å². The van der Waals surface area contributed by atoms with Gasteiger partial charge < -0.3 is 4.74 Å². The highest BCUT2D eigenvalue weighted by atomic mass is 35.5. The molecule has 0 bridgehead atoms. The summed E-state index contributed by atoms with van der Waals surface area (Å²) in [7, 11) is 0. The van der Waals surface area contributed by atoms with E-state index >= 15 is 0 Å². The van der Waals surface area contributed by atoms with E-state index in [1.54, 1.807) is 31.2 Å². The Kier molecular flexibility index (Phi) is 5.92. The number of carbonyl (C=O) groups is 1. The van der Waals surface area contributed by atoms with Gasteiger partial charge in [0.05, 0.1) is 12.8 Å². The lowest BCUT2D eigenvalue weighted by Crippen LogP contribution is -2.16. The van der Waals surface area contributed by atoms with Crippen molar-refractivity contribution >= 4 is 29.6 Å². The Bertz CT molecular complexity index is 779. The molecule has 0 aliphatic heterocycles. The maximum absolute atomic E-state index is 12.8. The van der Waals surface area contributed by atoms with Crippen LogP contribution in [0.3, 0.4) is 0 Å². The molecule has 2 rings (SSSR count). The lowest BCUT2D eigenvalue weighted by molar-refractivity contribution is -0.144. The number of hydrazone groups is 1. The fourth-order valence-corrected chi connectivity index (χ4v) is 1.80. The number of alkyl halides is 3. The summed E-state index contributed by atoms with van der Waals surface area (Å²) in [6, 6.07) is 6.56. The highest BCUT2D eigenvalue weighted by Gasteiger charge is 2.35. The predicted octanol–water partition coefficient (Wildman–Crippen LogP) is 3.77. The molecule has 0 amide bonds. The molecular formula is C15H12ClF3N4O2. The molecule has 1 N–H and O–H groups in total. The zero-order chi connectivity index (χ0) is 18.4. The molecule has 1 aromatic carbocycles. The van der Waals surface area contributed by atoms with Gasteiger partial charge in [0.1, 0.15) is 5.56 Å². The highest BCUT2D eigenvalue weighted by molar-refractivity contribution is 6.30. The van der Waals surface area contributed by atoms with Gasteiger partial charge in [-0.25, -0.2) is 14.8 Å². The van der Waals surface area contributed by atoms with Gasteiger partial charge in [-0.05, 0) is 24.6 Å². The molecule has 6 nitrogen and oxygen atoms in total. The van der Waals surface area contributed by atoms with E-state index in [0.717, 1.165) is 6.20 Å². The van der Waals surface area contributed by atoms with Crippen LogP contribution in [0.4, 0.5) is 19.0 Å². The maximum atomic E-state index is 12.8. The number of esters is 1. The topological polar surface area (TPSA) is 76.5 Å². The van der Waals surface area contributed by atoms with E-state index in [0.29, 0.717) is 10.6 Å². The highest BCUT2D eigenvalue weighted by Crippen LogP contribution is 2.27. The smallest absolute Gasteiger partial charge is 0.451 e. The third-order valence-electron chi connectivity index (χ3n) is 2.79. The Hall–Kier alpha value is -2.68. The molecule has 0 saturated carbocycles. The molecule has 0 saturated heterocycles. The third-order valence-corrected chi connectivity index (χ3v) is 3.04. The van der Waals surface area contributed by atoms with Gasteiger partial charge >= 0.3 is 12.1 Å². The number of aromatic nitrogens is 2. The number of nitrogens with zero attached hydrogens (tertiary/aromatic N) is 3. The van der Waals surface area contributed by atoms with Crippen molar-refractivity contribution in [1.29, 1.82) is 0 Å². The number of carbonyl (C=O) groups excluding carboxylic acids is 1. The van der Waals surface area contributed by atoms with E-state index in [4.69, 9.17) is 16.3 Å². The van der Waals surface area contributed by atoms with Crippen LogP contribution in [-0.4, -0.2) is 28.8 Å². The standard InChI is InChI=1S/C15H12ClF3N4O2/c1-2-25-13(24)11-8-20-14(15(17,18)19)22-12(11)23-21-7-9-3-5-10(16)6-4-9/h3-8H,2H2,1H3,(H,20,22,23)/b21-7+. The summed E-state index contributed by atoms with van der Waals surface area (Å²) in [6.07, 6.45) is -2.68. The van der Waals surface area contributed by atoms with E-state index in [2.05, 4.69) is 20.5 Å². The number of ether oxygens (including phenoxy) is 1. The molecule has 2 aromatic rings. The Morgan fingerprint density at radius 3 is 2.64 bits per heavy atom.